The van der Waals surface area contributed by atoms with E-state index in [-0.39, 0.29) is 5.79 Å². The number of hydrogen-bond acceptors (Lipinski definition) is 3. The first-order valence-electron chi connectivity index (χ1n) is 4.90. The molecular weight excluding hydrogens is 154 g/mol. The second-order valence-electron chi connectivity index (χ2n) is 4.05. The zero-order chi connectivity index (χ0) is 8.02. The van der Waals surface area contributed by atoms with Gasteiger partial charge in [0.25, 0.3) is 0 Å². The highest BCUT2D eigenvalue weighted by atomic mass is 16.7. The van der Waals surface area contributed by atoms with E-state index in [0.717, 1.165) is 26.3 Å². The van der Waals surface area contributed by atoms with Crippen LogP contribution in [0.5, 0.6) is 0 Å². The number of ether oxygens (including phenoxy) is 2. The van der Waals surface area contributed by atoms with E-state index >= 15 is 0 Å². The van der Waals surface area contributed by atoms with Gasteiger partial charge >= 0.3 is 0 Å². The molecule has 0 amide bonds. The van der Waals surface area contributed by atoms with Crippen LogP contribution in [0.3, 0.4) is 0 Å². The van der Waals surface area contributed by atoms with Crippen molar-refractivity contribution in [3.8, 4) is 0 Å². The molecule has 0 aromatic carbocycles. The van der Waals surface area contributed by atoms with Crippen molar-refractivity contribution in [3.05, 3.63) is 0 Å². The molecule has 0 radical (unpaired) electrons. The first kappa shape index (κ1) is 7.30. The molecule has 2 bridgehead atoms. The third kappa shape index (κ3) is 0.767. The predicted molar refractivity (Wildman–Crippen MR) is 43.7 cm³/mol. The molecule has 12 heavy (non-hydrogen) atoms. The fourth-order valence-electron chi connectivity index (χ4n) is 2.97. The van der Waals surface area contributed by atoms with E-state index in [2.05, 4.69) is 5.32 Å². The normalized spacial score (nSPS) is 44.0. The zero-order valence-corrected chi connectivity index (χ0v) is 7.21. The molecule has 3 aliphatic rings. The molecule has 2 atom stereocenters. The molecule has 0 aromatic rings. The average molecular weight is 169 g/mol. The summed E-state index contributed by atoms with van der Waals surface area (Å²) in [7, 11) is 0. The molecule has 0 aromatic heterocycles. The SMILES string of the molecule is C1COC2(O1)[C@@H]1CC[C@H]2CNC1. The minimum absolute atomic E-state index is 0.161. The van der Waals surface area contributed by atoms with Crippen LogP contribution < -0.4 is 5.32 Å². The van der Waals surface area contributed by atoms with Crippen LogP contribution in [-0.4, -0.2) is 32.1 Å². The van der Waals surface area contributed by atoms with Gasteiger partial charge in [-0.15, -0.1) is 0 Å². The monoisotopic (exact) mass is 169 g/mol. The van der Waals surface area contributed by atoms with Gasteiger partial charge in [-0.2, -0.15) is 0 Å². The molecule has 0 unspecified atom stereocenters. The maximum Gasteiger partial charge on any atom is 0.176 e. The Hall–Kier alpha value is -0.120. The summed E-state index contributed by atoms with van der Waals surface area (Å²) in [6.07, 6.45) is 2.55. The summed E-state index contributed by atoms with van der Waals surface area (Å²) >= 11 is 0. The van der Waals surface area contributed by atoms with Gasteiger partial charge in [0.05, 0.1) is 13.2 Å². The number of piperidine rings is 1. The van der Waals surface area contributed by atoms with Crippen molar-refractivity contribution in [1.29, 1.82) is 0 Å². The molecule has 1 saturated carbocycles. The quantitative estimate of drug-likeness (QED) is 0.568. The molecule has 1 N–H and O–H groups in total. The van der Waals surface area contributed by atoms with Crippen molar-refractivity contribution in [3.63, 3.8) is 0 Å². The van der Waals surface area contributed by atoms with Crippen molar-refractivity contribution in [2.45, 2.75) is 18.6 Å². The maximum absolute atomic E-state index is 5.81. The Morgan fingerprint density at radius 1 is 1.00 bits per heavy atom. The molecular formula is C9H15NO2. The predicted octanol–water partition coefficient (Wildman–Crippen LogP) is 0.359. The molecule has 3 nitrogen and oxygen atoms in total. The van der Waals surface area contributed by atoms with Crippen LogP contribution in [0.15, 0.2) is 0 Å². The minimum Gasteiger partial charge on any atom is -0.347 e. The van der Waals surface area contributed by atoms with Crippen molar-refractivity contribution >= 4 is 0 Å². The van der Waals surface area contributed by atoms with E-state index in [1.165, 1.54) is 12.8 Å². The molecule has 68 valence electrons. The van der Waals surface area contributed by atoms with E-state index in [1.807, 2.05) is 0 Å². The lowest BCUT2D eigenvalue weighted by Gasteiger charge is -2.38. The van der Waals surface area contributed by atoms with Crippen molar-refractivity contribution in [2.75, 3.05) is 26.3 Å². The lowest BCUT2D eigenvalue weighted by atomic mass is 9.92. The highest BCUT2D eigenvalue weighted by molar-refractivity contribution is 5.00. The van der Waals surface area contributed by atoms with Crippen molar-refractivity contribution < 1.29 is 9.47 Å². The Morgan fingerprint density at radius 3 is 2.17 bits per heavy atom. The Labute approximate surface area is 72.4 Å². The largest absolute Gasteiger partial charge is 0.347 e. The highest BCUT2D eigenvalue weighted by Gasteiger charge is 2.56. The standard InChI is InChI=1S/C9H15NO2/c1-2-8-6-10-5-7(1)9(8)11-3-4-12-9/h7-8,10H,1-6H2/t7-,8+. The van der Waals surface area contributed by atoms with Crippen LogP contribution in [-0.2, 0) is 9.47 Å². The number of nitrogens with one attached hydrogen (secondary N) is 1. The van der Waals surface area contributed by atoms with Crippen LogP contribution in [0, 0.1) is 11.8 Å². The third-order valence-electron chi connectivity index (χ3n) is 3.52. The smallest absolute Gasteiger partial charge is 0.176 e. The van der Waals surface area contributed by atoms with Gasteiger partial charge in [0, 0.05) is 24.9 Å². The molecule has 2 aliphatic heterocycles. The second-order valence-corrected chi connectivity index (χ2v) is 4.05. The summed E-state index contributed by atoms with van der Waals surface area (Å²) in [4.78, 5) is 0. The van der Waals surface area contributed by atoms with Gasteiger partial charge in [-0.25, -0.2) is 0 Å². The van der Waals surface area contributed by atoms with Crippen LogP contribution in [0.1, 0.15) is 12.8 Å². The van der Waals surface area contributed by atoms with Gasteiger partial charge < -0.3 is 14.8 Å². The van der Waals surface area contributed by atoms with Gasteiger partial charge in [-0.3, -0.25) is 0 Å². The van der Waals surface area contributed by atoms with Crippen LogP contribution in [0.4, 0.5) is 0 Å². The molecule has 3 heteroatoms. The Morgan fingerprint density at radius 2 is 1.58 bits per heavy atom. The maximum atomic E-state index is 5.81. The third-order valence-corrected chi connectivity index (χ3v) is 3.52. The fourth-order valence-corrected chi connectivity index (χ4v) is 2.97. The Balaban J connectivity index is 1.92. The first-order valence-corrected chi connectivity index (χ1v) is 4.90. The summed E-state index contributed by atoms with van der Waals surface area (Å²) in [5, 5.41) is 3.44. The Kier molecular flexibility index (Phi) is 1.48. The highest BCUT2D eigenvalue weighted by Crippen LogP contribution is 2.47. The second kappa shape index (κ2) is 2.44. The molecule has 2 heterocycles. The van der Waals surface area contributed by atoms with Crippen molar-refractivity contribution in [2.24, 2.45) is 11.8 Å². The van der Waals surface area contributed by atoms with E-state index in [9.17, 15) is 0 Å². The van der Waals surface area contributed by atoms with Gasteiger partial charge in [0.15, 0.2) is 5.79 Å². The van der Waals surface area contributed by atoms with Crippen molar-refractivity contribution in [1.82, 2.24) is 5.32 Å². The topological polar surface area (TPSA) is 30.5 Å². The minimum atomic E-state index is -0.161. The summed E-state index contributed by atoms with van der Waals surface area (Å²) in [5.74, 6) is 1.06. The van der Waals surface area contributed by atoms with E-state index < -0.39 is 0 Å². The lowest BCUT2D eigenvalue weighted by Crippen LogP contribution is -2.52. The summed E-state index contributed by atoms with van der Waals surface area (Å²) in [6.45, 7) is 3.76. The number of hydrogen-bond donors (Lipinski definition) is 1. The first-order chi connectivity index (χ1) is 5.92. The van der Waals surface area contributed by atoms with Crippen LogP contribution in [0.25, 0.3) is 0 Å². The van der Waals surface area contributed by atoms with Gasteiger partial charge in [0.2, 0.25) is 0 Å². The molecule has 3 rings (SSSR count). The van der Waals surface area contributed by atoms with Crippen LogP contribution in [0.2, 0.25) is 0 Å². The van der Waals surface area contributed by atoms with E-state index in [4.69, 9.17) is 9.47 Å². The van der Waals surface area contributed by atoms with Gasteiger partial charge in [0.1, 0.15) is 0 Å². The number of rotatable bonds is 0. The lowest BCUT2D eigenvalue weighted by molar-refractivity contribution is -0.216. The molecule has 1 aliphatic carbocycles. The summed E-state index contributed by atoms with van der Waals surface area (Å²) < 4.78 is 11.6. The van der Waals surface area contributed by atoms with E-state index in [0.29, 0.717) is 11.8 Å². The fraction of sp³-hybridized carbons (Fsp3) is 1.00. The van der Waals surface area contributed by atoms with Gasteiger partial charge in [-0.05, 0) is 12.8 Å². The van der Waals surface area contributed by atoms with Gasteiger partial charge in [-0.1, -0.05) is 0 Å². The van der Waals surface area contributed by atoms with E-state index in [1.54, 1.807) is 0 Å². The molecule has 3 fully saturated rings. The summed E-state index contributed by atoms with van der Waals surface area (Å²) in [6, 6.07) is 0. The average Bonchev–Trinajstić information content (AvgIpc) is 2.59. The molecule has 2 saturated heterocycles. The van der Waals surface area contributed by atoms with Crippen LogP contribution >= 0.6 is 0 Å². The summed E-state index contributed by atoms with van der Waals surface area (Å²) in [5.41, 5.74) is 0. The molecule has 1 spiro atoms. The Bertz CT molecular complexity index is 171. The zero-order valence-electron chi connectivity index (χ0n) is 7.21.